The normalized spacial score (nSPS) is 18.8. The Bertz CT molecular complexity index is 117. The van der Waals surface area contributed by atoms with E-state index in [1.54, 1.807) is 9.80 Å². The van der Waals surface area contributed by atoms with Crippen molar-refractivity contribution in [2.24, 2.45) is 0 Å². The second-order valence-corrected chi connectivity index (χ2v) is 2.48. The van der Waals surface area contributed by atoms with Crippen LogP contribution in [-0.4, -0.2) is 43.0 Å². The highest BCUT2D eigenvalue weighted by atomic mass is 35.5. The summed E-state index contributed by atoms with van der Waals surface area (Å²) in [6.45, 7) is 1.81. The second-order valence-electron chi connectivity index (χ2n) is 2.48. The average Bonchev–Trinajstić information content (AvgIpc) is 1.83. The molecule has 1 rings (SSSR count). The molecule has 3 nitrogen and oxygen atoms in total. The number of carbonyl (C=O) groups is 1. The Kier molecular flexibility index (Phi) is 3.50. The third kappa shape index (κ3) is 1.77. The maximum Gasteiger partial charge on any atom is 0.319 e. The van der Waals surface area contributed by atoms with Gasteiger partial charge >= 0.3 is 6.03 Å². The fourth-order valence-electron chi connectivity index (χ4n) is 1.03. The number of hydrogen-bond donors (Lipinski definition) is 0. The maximum absolute atomic E-state index is 11.0. The van der Waals surface area contributed by atoms with Crippen LogP contribution in [0, 0.1) is 0 Å². The van der Waals surface area contributed by atoms with Gasteiger partial charge in [0.25, 0.3) is 0 Å². The van der Waals surface area contributed by atoms with Crippen molar-refractivity contribution in [1.29, 1.82) is 0 Å². The van der Waals surface area contributed by atoms with Gasteiger partial charge in [-0.3, -0.25) is 0 Å². The molecule has 4 heteroatoms. The predicted octanol–water partition coefficient (Wildman–Crippen LogP) is 0.795. The van der Waals surface area contributed by atoms with Crippen LogP contribution in [0.3, 0.4) is 0 Å². The zero-order valence-corrected chi connectivity index (χ0v) is 7.15. The van der Waals surface area contributed by atoms with Gasteiger partial charge in [-0.1, -0.05) is 0 Å². The molecule has 0 bridgehead atoms. The summed E-state index contributed by atoms with van der Waals surface area (Å²) in [4.78, 5) is 14.5. The Labute approximate surface area is 67.4 Å². The summed E-state index contributed by atoms with van der Waals surface area (Å²) in [7, 11) is 3.66. The molecule has 0 radical (unpaired) electrons. The molecule has 1 saturated heterocycles. The molecule has 0 aromatic rings. The highest BCUT2D eigenvalue weighted by Gasteiger charge is 2.17. The minimum Gasteiger partial charge on any atom is -0.328 e. The summed E-state index contributed by atoms with van der Waals surface area (Å²) >= 11 is 0. The van der Waals surface area contributed by atoms with Gasteiger partial charge in [0.15, 0.2) is 0 Å². The van der Waals surface area contributed by atoms with Crippen molar-refractivity contribution in [2.45, 2.75) is 6.42 Å². The quantitative estimate of drug-likeness (QED) is 0.520. The first-order valence-corrected chi connectivity index (χ1v) is 3.18. The Morgan fingerprint density at radius 2 is 1.60 bits per heavy atom. The Morgan fingerprint density at radius 3 is 1.90 bits per heavy atom. The molecule has 0 atom stereocenters. The van der Waals surface area contributed by atoms with E-state index in [9.17, 15) is 4.79 Å². The number of urea groups is 1. The van der Waals surface area contributed by atoms with E-state index in [1.807, 2.05) is 14.1 Å². The van der Waals surface area contributed by atoms with Crippen molar-refractivity contribution >= 4 is 18.4 Å². The average molecular weight is 165 g/mol. The van der Waals surface area contributed by atoms with Crippen LogP contribution in [0.25, 0.3) is 0 Å². The van der Waals surface area contributed by atoms with Gasteiger partial charge in [-0.2, -0.15) is 0 Å². The van der Waals surface area contributed by atoms with Crippen molar-refractivity contribution in [2.75, 3.05) is 27.2 Å². The van der Waals surface area contributed by atoms with Crippen molar-refractivity contribution < 1.29 is 4.79 Å². The third-order valence-electron chi connectivity index (χ3n) is 1.64. The molecule has 0 spiro atoms. The molecule has 0 unspecified atom stereocenters. The minimum absolute atomic E-state index is 0. The molecule has 1 heterocycles. The van der Waals surface area contributed by atoms with Gasteiger partial charge in [0, 0.05) is 27.2 Å². The van der Waals surface area contributed by atoms with Crippen LogP contribution < -0.4 is 0 Å². The van der Waals surface area contributed by atoms with Gasteiger partial charge < -0.3 is 9.80 Å². The van der Waals surface area contributed by atoms with E-state index in [0.717, 1.165) is 19.5 Å². The summed E-state index contributed by atoms with van der Waals surface area (Å²) < 4.78 is 0. The number of carbonyl (C=O) groups excluding carboxylic acids is 1. The first kappa shape index (κ1) is 9.56. The maximum atomic E-state index is 11.0. The van der Waals surface area contributed by atoms with Crippen LogP contribution >= 0.6 is 12.4 Å². The smallest absolute Gasteiger partial charge is 0.319 e. The topological polar surface area (TPSA) is 23.6 Å². The van der Waals surface area contributed by atoms with E-state index in [0.29, 0.717) is 0 Å². The number of amides is 2. The predicted molar refractivity (Wildman–Crippen MR) is 42.5 cm³/mol. The molecular weight excluding hydrogens is 152 g/mol. The van der Waals surface area contributed by atoms with Crippen LogP contribution in [0.2, 0.25) is 0 Å². The van der Waals surface area contributed by atoms with Gasteiger partial charge in [-0.25, -0.2) is 4.79 Å². The monoisotopic (exact) mass is 164 g/mol. The van der Waals surface area contributed by atoms with Gasteiger partial charge in [0.2, 0.25) is 0 Å². The fourth-order valence-corrected chi connectivity index (χ4v) is 1.03. The Hall–Kier alpha value is -0.440. The summed E-state index contributed by atoms with van der Waals surface area (Å²) in [6, 6.07) is 0.140. The molecule has 10 heavy (non-hydrogen) atoms. The standard InChI is InChI=1S/C6H12N2O.ClH/c1-7-4-3-5-8(2)6(7)9;/h3-5H2,1-2H3;1H. The number of nitrogens with zero attached hydrogens (tertiary/aromatic N) is 2. The Morgan fingerprint density at radius 1 is 1.20 bits per heavy atom. The zero-order valence-electron chi connectivity index (χ0n) is 6.33. The molecule has 1 fully saturated rings. The van der Waals surface area contributed by atoms with E-state index in [-0.39, 0.29) is 18.4 Å². The van der Waals surface area contributed by atoms with Crippen molar-refractivity contribution in [3.05, 3.63) is 0 Å². The molecule has 0 aliphatic carbocycles. The van der Waals surface area contributed by atoms with Crippen LogP contribution in [-0.2, 0) is 0 Å². The van der Waals surface area contributed by atoms with E-state index in [2.05, 4.69) is 0 Å². The second kappa shape index (κ2) is 3.66. The van der Waals surface area contributed by atoms with Gasteiger partial charge in [-0.05, 0) is 6.42 Å². The number of halogens is 1. The third-order valence-corrected chi connectivity index (χ3v) is 1.64. The summed E-state index contributed by atoms with van der Waals surface area (Å²) in [5.41, 5.74) is 0. The van der Waals surface area contributed by atoms with E-state index >= 15 is 0 Å². The fraction of sp³-hybridized carbons (Fsp3) is 0.833. The van der Waals surface area contributed by atoms with Crippen LogP contribution in [0.1, 0.15) is 6.42 Å². The van der Waals surface area contributed by atoms with Crippen molar-refractivity contribution in [3.8, 4) is 0 Å². The van der Waals surface area contributed by atoms with Gasteiger partial charge in [0.05, 0.1) is 0 Å². The van der Waals surface area contributed by atoms with Gasteiger partial charge in [0.1, 0.15) is 0 Å². The van der Waals surface area contributed by atoms with E-state index in [1.165, 1.54) is 0 Å². The summed E-state index contributed by atoms with van der Waals surface area (Å²) in [5, 5.41) is 0. The molecule has 0 saturated carbocycles. The summed E-state index contributed by atoms with van der Waals surface area (Å²) in [5.74, 6) is 0. The number of hydrogen-bond acceptors (Lipinski definition) is 1. The first-order chi connectivity index (χ1) is 4.22. The number of rotatable bonds is 0. The lowest BCUT2D eigenvalue weighted by Gasteiger charge is -2.30. The highest BCUT2D eigenvalue weighted by Crippen LogP contribution is 2.02. The summed E-state index contributed by atoms with van der Waals surface area (Å²) in [6.07, 6.45) is 1.10. The largest absolute Gasteiger partial charge is 0.328 e. The zero-order chi connectivity index (χ0) is 6.85. The molecule has 2 amide bonds. The van der Waals surface area contributed by atoms with E-state index < -0.39 is 0 Å². The first-order valence-electron chi connectivity index (χ1n) is 3.18. The lowest BCUT2D eigenvalue weighted by molar-refractivity contribution is 0.153. The molecule has 1 aliphatic rings. The van der Waals surface area contributed by atoms with E-state index in [4.69, 9.17) is 0 Å². The van der Waals surface area contributed by atoms with Crippen LogP contribution in [0.4, 0.5) is 4.79 Å². The van der Waals surface area contributed by atoms with Crippen LogP contribution in [0.15, 0.2) is 0 Å². The molecule has 1 aliphatic heterocycles. The van der Waals surface area contributed by atoms with Crippen LogP contribution in [0.5, 0.6) is 0 Å². The lowest BCUT2D eigenvalue weighted by atomic mass is 10.3. The SMILES string of the molecule is CN1CCCN(C)C1=O.Cl. The molecule has 0 N–H and O–H groups in total. The molecule has 0 aromatic heterocycles. The molecular formula is C6H13ClN2O. The van der Waals surface area contributed by atoms with Crippen molar-refractivity contribution in [3.63, 3.8) is 0 Å². The highest BCUT2D eigenvalue weighted by molar-refractivity contribution is 5.85. The molecule has 0 aromatic carbocycles. The Balaban J connectivity index is 0.000000810. The molecule has 60 valence electrons. The van der Waals surface area contributed by atoms with Gasteiger partial charge in [-0.15, -0.1) is 12.4 Å². The lowest BCUT2D eigenvalue weighted by Crippen LogP contribution is -2.44. The van der Waals surface area contributed by atoms with Crippen molar-refractivity contribution in [1.82, 2.24) is 9.80 Å². The minimum atomic E-state index is 0.